The van der Waals surface area contributed by atoms with Crippen LogP contribution >= 0.6 is 0 Å². The van der Waals surface area contributed by atoms with Gasteiger partial charge in [-0.2, -0.15) is 18.3 Å². The molecule has 0 spiro atoms. The van der Waals surface area contributed by atoms with Crippen LogP contribution in [0.4, 0.5) is 19.0 Å². The van der Waals surface area contributed by atoms with Crippen molar-refractivity contribution in [1.29, 1.82) is 0 Å². The van der Waals surface area contributed by atoms with E-state index in [2.05, 4.69) is 10.4 Å². The summed E-state index contributed by atoms with van der Waals surface area (Å²) in [5.74, 6) is 0.204. The molecule has 1 heterocycles. The van der Waals surface area contributed by atoms with E-state index in [1.54, 1.807) is 18.2 Å². The fourth-order valence-electron chi connectivity index (χ4n) is 2.83. The van der Waals surface area contributed by atoms with Gasteiger partial charge in [0, 0.05) is 11.6 Å². The number of rotatable bonds is 4. The van der Waals surface area contributed by atoms with Crippen molar-refractivity contribution in [2.45, 2.75) is 26.6 Å². The van der Waals surface area contributed by atoms with Gasteiger partial charge in [-0.25, -0.2) is 4.68 Å². The third kappa shape index (κ3) is 4.55. The maximum atomic E-state index is 12.7. The second-order valence-electron chi connectivity index (χ2n) is 6.40. The Bertz CT molecular complexity index is 939. The predicted molar refractivity (Wildman–Crippen MR) is 96.6 cm³/mol. The summed E-state index contributed by atoms with van der Waals surface area (Å²) in [6.07, 6.45) is -2.84. The Morgan fingerprint density at radius 2 is 1.67 bits per heavy atom. The molecule has 0 fully saturated rings. The molecule has 3 rings (SSSR count). The van der Waals surface area contributed by atoms with Crippen molar-refractivity contribution in [3.8, 4) is 0 Å². The molecule has 0 saturated carbocycles. The van der Waals surface area contributed by atoms with Gasteiger partial charge in [0.05, 0.1) is 18.3 Å². The molecule has 0 aliphatic rings. The van der Waals surface area contributed by atoms with E-state index in [9.17, 15) is 18.0 Å². The summed E-state index contributed by atoms with van der Waals surface area (Å²) in [4.78, 5) is 12.5. The van der Waals surface area contributed by atoms with Crippen LogP contribution in [0.5, 0.6) is 0 Å². The maximum Gasteiger partial charge on any atom is 0.416 e. The molecule has 1 N–H and O–H groups in total. The summed E-state index contributed by atoms with van der Waals surface area (Å²) in [5, 5.41) is 6.94. The largest absolute Gasteiger partial charge is 0.416 e. The zero-order valence-corrected chi connectivity index (χ0v) is 14.8. The molecule has 27 heavy (non-hydrogen) atoms. The second-order valence-corrected chi connectivity index (χ2v) is 6.40. The van der Waals surface area contributed by atoms with E-state index in [-0.39, 0.29) is 12.5 Å². The number of aromatic nitrogens is 2. The van der Waals surface area contributed by atoms with Gasteiger partial charge in [-0.05, 0) is 43.7 Å². The number of halogens is 3. The molecule has 0 bridgehead atoms. The van der Waals surface area contributed by atoms with Gasteiger partial charge < -0.3 is 5.32 Å². The van der Waals surface area contributed by atoms with E-state index >= 15 is 0 Å². The average molecular weight is 373 g/mol. The van der Waals surface area contributed by atoms with Crippen molar-refractivity contribution in [2.75, 3.05) is 5.32 Å². The standard InChI is InChI=1S/C20H18F3N3O/c1-13-9-14(2)11-16(10-13)19(27)25-18-7-8-24-26(18)12-15-3-5-17(6-4-15)20(21,22)23/h3-11H,12H2,1-2H3,(H,25,27). The number of aryl methyl sites for hydroxylation is 2. The first kappa shape index (κ1) is 18.7. The number of amides is 1. The van der Waals surface area contributed by atoms with Gasteiger partial charge in [0.15, 0.2) is 0 Å². The monoisotopic (exact) mass is 373 g/mol. The molecule has 0 radical (unpaired) electrons. The lowest BCUT2D eigenvalue weighted by Gasteiger charge is -2.11. The zero-order chi connectivity index (χ0) is 19.6. The Labute approximate surface area is 154 Å². The van der Waals surface area contributed by atoms with Crippen molar-refractivity contribution in [3.05, 3.63) is 82.5 Å². The van der Waals surface area contributed by atoms with Gasteiger partial charge in [-0.15, -0.1) is 0 Å². The van der Waals surface area contributed by atoms with Crippen molar-refractivity contribution in [1.82, 2.24) is 9.78 Å². The van der Waals surface area contributed by atoms with Gasteiger partial charge in [0.1, 0.15) is 5.82 Å². The molecule has 0 aliphatic heterocycles. The lowest BCUT2D eigenvalue weighted by Crippen LogP contribution is -2.16. The van der Waals surface area contributed by atoms with Crippen molar-refractivity contribution in [2.24, 2.45) is 0 Å². The summed E-state index contributed by atoms with van der Waals surface area (Å²) >= 11 is 0. The Morgan fingerprint density at radius 1 is 1.04 bits per heavy atom. The number of hydrogen-bond donors (Lipinski definition) is 1. The third-order valence-corrected chi connectivity index (χ3v) is 4.06. The van der Waals surface area contributed by atoms with Crippen molar-refractivity contribution < 1.29 is 18.0 Å². The number of benzene rings is 2. The highest BCUT2D eigenvalue weighted by molar-refractivity contribution is 6.04. The highest BCUT2D eigenvalue weighted by Crippen LogP contribution is 2.29. The van der Waals surface area contributed by atoms with Crippen LogP contribution in [0, 0.1) is 13.8 Å². The Balaban J connectivity index is 1.75. The SMILES string of the molecule is Cc1cc(C)cc(C(=O)Nc2ccnn2Cc2ccc(C(F)(F)F)cc2)c1. The summed E-state index contributed by atoms with van der Waals surface area (Å²) in [7, 11) is 0. The first-order chi connectivity index (χ1) is 12.7. The molecule has 1 amide bonds. The number of carbonyl (C=O) groups excluding carboxylic acids is 1. The summed E-state index contributed by atoms with van der Waals surface area (Å²) in [6, 6.07) is 12.1. The minimum Gasteiger partial charge on any atom is -0.307 e. The first-order valence-electron chi connectivity index (χ1n) is 8.30. The van der Waals surface area contributed by atoms with E-state index in [4.69, 9.17) is 0 Å². The minimum absolute atomic E-state index is 0.244. The van der Waals surface area contributed by atoms with Crippen LogP contribution in [0.2, 0.25) is 0 Å². The quantitative estimate of drug-likeness (QED) is 0.713. The van der Waals surface area contributed by atoms with Crippen LogP contribution in [0.1, 0.15) is 32.6 Å². The molecule has 7 heteroatoms. The van der Waals surface area contributed by atoms with Gasteiger partial charge >= 0.3 is 6.18 Å². The number of carbonyl (C=O) groups is 1. The molecular formula is C20H18F3N3O. The third-order valence-electron chi connectivity index (χ3n) is 4.06. The highest BCUT2D eigenvalue weighted by atomic mass is 19.4. The lowest BCUT2D eigenvalue weighted by atomic mass is 10.1. The molecule has 2 aromatic carbocycles. The average Bonchev–Trinajstić information content (AvgIpc) is 3.00. The predicted octanol–water partition coefficient (Wildman–Crippen LogP) is 4.82. The summed E-state index contributed by atoms with van der Waals surface area (Å²) < 4.78 is 39.5. The summed E-state index contributed by atoms with van der Waals surface area (Å²) in [5.41, 5.74) is 2.45. The second kappa shape index (κ2) is 7.26. The summed E-state index contributed by atoms with van der Waals surface area (Å²) in [6.45, 7) is 4.07. The van der Waals surface area contributed by atoms with Gasteiger partial charge in [0.2, 0.25) is 0 Å². The van der Waals surface area contributed by atoms with E-state index in [0.717, 1.165) is 23.3 Å². The molecule has 0 unspecified atom stereocenters. The van der Waals surface area contributed by atoms with Crippen LogP contribution in [0.25, 0.3) is 0 Å². The number of alkyl halides is 3. The Morgan fingerprint density at radius 3 is 2.26 bits per heavy atom. The van der Waals surface area contributed by atoms with Crippen LogP contribution in [-0.4, -0.2) is 15.7 Å². The van der Waals surface area contributed by atoms with E-state index in [0.29, 0.717) is 16.9 Å². The molecular weight excluding hydrogens is 355 g/mol. The van der Waals surface area contributed by atoms with Crippen LogP contribution in [0.3, 0.4) is 0 Å². The molecule has 140 valence electrons. The zero-order valence-electron chi connectivity index (χ0n) is 14.8. The normalized spacial score (nSPS) is 11.4. The van der Waals surface area contributed by atoms with Gasteiger partial charge in [0.25, 0.3) is 5.91 Å². The highest BCUT2D eigenvalue weighted by Gasteiger charge is 2.29. The fraction of sp³-hybridized carbons (Fsp3) is 0.200. The Kier molecular flexibility index (Phi) is 5.03. The Hall–Kier alpha value is -3.09. The lowest BCUT2D eigenvalue weighted by molar-refractivity contribution is -0.137. The molecule has 1 aromatic heterocycles. The van der Waals surface area contributed by atoms with E-state index in [1.165, 1.54) is 23.0 Å². The molecule has 3 aromatic rings. The molecule has 0 atom stereocenters. The van der Waals surface area contributed by atoms with Crippen molar-refractivity contribution >= 4 is 11.7 Å². The minimum atomic E-state index is -4.37. The fourth-order valence-corrected chi connectivity index (χ4v) is 2.83. The molecule has 4 nitrogen and oxygen atoms in total. The van der Waals surface area contributed by atoms with Crippen LogP contribution in [0.15, 0.2) is 54.7 Å². The topological polar surface area (TPSA) is 46.9 Å². The smallest absolute Gasteiger partial charge is 0.307 e. The number of anilines is 1. The maximum absolute atomic E-state index is 12.7. The van der Waals surface area contributed by atoms with Crippen molar-refractivity contribution in [3.63, 3.8) is 0 Å². The van der Waals surface area contributed by atoms with E-state index in [1.807, 2.05) is 19.9 Å². The van der Waals surface area contributed by atoms with E-state index < -0.39 is 11.7 Å². The van der Waals surface area contributed by atoms with Gasteiger partial charge in [-0.1, -0.05) is 29.3 Å². The van der Waals surface area contributed by atoms with Crippen LogP contribution in [-0.2, 0) is 12.7 Å². The number of hydrogen-bond acceptors (Lipinski definition) is 2. The number of nitrogens with one attached hydrogen (secondary N) is 1. The van der Waals surface area contributed by atoms with Gasteiger partial charge in [-0.3, -0.25) is 4.79 Å². The van der Waals surface area contributed by atoms with Crippen LogP contribution < -0.4 is 5.32 Å². The number of nitrogens with zero attached hydrogens (tertiary/aromatic N) is 2. The first-order valence-corrected chi connectivity index (χ1v) is 8.30. The molecule has 0 aliphatic carbocycles. The molecule has 0 saturated heterocycles.